The fourth-order valence-corrected chi connectivity index (χ4v) is 3.92. The number of aliphatic carboxylic acids is 1. The second-order valence-electron chi connectivity index (χ2n) is 6.60. The van der Waals surface area contributed by atoms with Crippen molar-refractivity contribution in [2.24, 2.45) is 11.3 Å². The normalized spacial score (nSPS) is 22.4. The first-order valence-electron chi connectivity index (χ1n) is 7.90. The van der Waals surface area contributed by atoms with E-state index in [1.807, 2.05) is 6.07 Å². The number of hydrogen-bond donors (Lipinski definition) is 1. The van der Waals surface area contributed by atoms with Crippen molar-refractivity contribution in [2.75, 3.05) is 18.0 Å². The lowest BCUT2D eigenvalue weighted by Gasteiger charge is -2.46. The molecule has 0 aromatic carbocycles. The van der Waals surface area contributed by atoms with Crippen LogP contribution in [0.5, 0.6) is 0 Å². The first-order chi connectivity index (χ1) is 10.2. The minimum atomic E-state index is -0.644. The van der Waals surface area contributed by atoms with Gasteiger partial charge in [0.1, 0.15) is 12.1 Å². The molecule has 1 spiro atoms. The third-order valence-corrected chi connectivity index (χ3v) is 5.34. The smallest absolute Gasteiger partial charge is 0.303 e. The second-order valence-corrected chi connectivity index (χ2v) is 6.60. The van der Waals surface area contributed by atoms with Gasteiger partial charge in [0.15, 0.2) is 0 Å². The molecule has 1 aromatic heterocycles. The zero-order valence-corrected chi connectivity index (χ0v) is 12.4. The number of piperidine rings is 1. The van der Waals surface area contributed by atoms with Gasteiger partial charge in [0, 0.05) is 25.7 Å². The molecule has 0 bridgehead atoms. The number of carbonyl (C=O) groups is 1. The van der Waals surface area contributed by atoms with E-state index < -0.39 is 5.97 Å². The zero-order valence-electron chi connectivity index (χ0n) is 12.4. The second kappa shape index (κ2) is 6.00. The van der Waals surface area contributed by atoms with Crippen LogP contribution in [0.2, 0.25) is 0 Å². The molecule has 0 amide bonds. The summed E-state index contributed by atoms with van der Waals surface area (Å²) >= 11 is 0. The van der Waals surface area contributed by atoms with Gasteiger partial charge in [-0.25, -0.2) is 9.97 Å². The van der Waals surface area contributed by atoms with Crippen LogP contribution in [0.15, 0.2) is 18.6 Å². The molecular formula is C16H23N3O2. The molecule has 5 heteroatoms. The van der Waals surface area contributed by atoms with Crippen molar-refractivity contribution in [2.45, 2.75) is 44.9 Å². The van der Waals surface area contributed by atoms with Crippen LogP contribution in [0.4, 0.5) is 5.82 Å². The van der Waals surface area contributed by atoms with Crippen LogP contribution in [0.1, 0.15) is 44.9 Å². The monoisotopic (exact) mass is 289 g/mol. The first-order valence-corrected chi connectivity index (χ1v) is 7.90. The van der Waals surface area contributed by atoms with Crippen molar-refractivity contribution >= 4 is 11.8 Å². The van der Waals surface area contributed by atoms with Gasteiger partial charge in [0.2, 0.25) is 0 Å². The van der Waals surface area contributed by atoms with Gasteiger partial charge in [-0.3, -0.25) is 4.79 Å². The molecule has 2 aliphatic rings. The number of nitrogens with zero attached hydrogens (tertiary/aromatic N) is 3. The minimum Gasteiger partial charge on any atom is -0.481 e. The first kappa shape index (κ1) is 14.3. The molecule has 1 aromatic rings. The number of hydrogen-bond acceptors (Lipinski definition) is 4. The molecule has 2 fully saturated rings. The van der Waals surface area contributed by atoms with Crippen LogP contribution in [-0.2, 0) is 4.79 Å². The van der Waals surface area contributed by atoms with Gasteiger partial charge < -0.3 is 10.0 Å². The molecule has 0 radical (unpaired) electrons. The van der Waals surface area contributed by atoms with Crippen LogP contribution in [-0.4, -0.2) is 34.1 Å². The molecule has 21 heavy (non-hydrogen) atoms. The van der Waals surface area contributed by atoms with Crippen molar-refractivity contribution in [3.63, 3.8) is 0 Å². The number of carboxylic acids is 1. The number of aromatic nitrogens is 2. The van der Waals surface area contributed by atoms with E-state index in [1.165, 1.54) is 25.7 Å². The Balaban J connectivity index is 1.53. The van der Waals surface area contributed by atoms with Crippen molar-refractivity contribution in [1.29, 1.82) is 0 Å². The van der Waals surface area contributed by atoms with E-state index in [-0.39, 0.29) is 0 Å². The maximum absolute atomic E-state index is 10.8. The van der Waals surface area contributed by atoms with Gasteiger partial charge >= 0.3 is 5.97 Å². The SMILES string of the molecule is O=C(O)CC1CCC2(CC1)CCN(c1ccncn1)CC2. The quantitative estimate of drug-likeness (QED) is 0.926. The molecule has 1 saturated carbocycles. The Morgan fingerprint density at radius 1 is 1.29 bits per heavy atom. The van der Waals surface area contributed by atoms with Crippen LogP contribution in [0.3, 0.4) is 0 Å². The van der Waals surface area contributed by atoms with Gasteiger partial charge in [-0.2, -0.15) is 0 Å². The summed E-state index contributed by atoms with van der Waals surface area (Å²) in [5, 5.41) is 8.91. The maximum Gasteiger partial charge on any atom is 0.303 e. The summed E-state index contributed by atoms with van der Waals surface area (Å²) in [5.41, 5.74) is 0.457. The van der Waals surface area contributed by atoms with Gasteiger partial charge in [0.05, 0.1) is 0 Å². The fourth-order valence-electron chi connectivity index (χ4n) is 3.92. The van der Waals surface area contributed by atoms with Crippen LogP contribution < -0.4 is 4.90 Å². The van der Waals surface area contributed by atoms with E-state index in [4.69, 9.17) is 5.11 Å². The largest absolute Gasteiger partial charge is 0.481 e. The standard InChI is InChI=1S/C16H23N3O2/c20-15(21)11-13-1-4-16(5-2-13)6-9-19(10-7-16)14-3-8-17-12-18-14/h3,8,12-13H,1-2,4-7,9-11H2,(H,20,21). The molecule has 0 unspecified atom stereocenters. The number of anilines is 1. The predicted molar refractivity (Wildman–Crippen MR) is 80.1 cm³/mol. The summed E-state index contributed by atoms with van der Waals surface area (Å²) in [4.78, 5) is 21.5. The van der Waals surface area contributed by atoms with Crippen molar-refractivity contribution < 1.29 is 9.90 Å². The number of rotatable bonds is 3. The highest BCUT2D eigenvalue weighted by Gasteiger charge is 2.38. The highest BCUT2D eigenvalue weighted by Crippen LogP contribution is 2.47. The highest BCUT2D eigenvalue weighted by molar-refractivity contribution is 5.67. The third-order valence-electron chi connectivity index (χ3n) is 5.34. The molecule has 1 aliphatic carbocycles. The summed E-state index contributed by atoms with van der Waals surface area (Å²) in [5.74, 6) is 0.780. The zero-order chi connectivity index (χ0) is 14.7. The van der Waals surface area contributed by atoms with Gasteiger partial charge in [-0.05, 0) is 55.9 Å². The van der Waals surface area contributed by atoms with E-state index in [9.17, 15) is 4.79 Å². The fraction of sp³-hybridized carbons (Fsp3) is 0.688. The Kier molecular flexibility index (Phi) is 4.08. The Hall–Kier alpha value is -1.65. The molecule has 5 nitrogen and oxygen atoms in total. The summed E-state index contributed by atoms with van der Waals surface area (Å²) < 4.78 is 0. The molecule has 2 heterocycles. The van der Waals surface area contributed by atoms with Gasteiger partial charge in [-0.15, -0.1) is 0 Å². The van der Waals surface area contributed by atoms with E-state index in [0.717, 1.165) is 31.7 Å². The van der Waals surface area contributed by atoms with E-state index in [0.29, 0.717) is 17.8 Å². The van der Waals surface area contributed by atoms with Gasteiger partial charge in [0.25, 0.3) is 0 Å². The average molecular weight is 289 g/mol. The molecule has 114 valence electrons. The minimum absolute atomic E-state index is 0.350. The third kappa shape index (κ3) is 3.34. The van der Waals surface area contributed by atoms with Crippen molar-refractivity contribution in [3.8, 4) is 0 Å². The van der Waals surface area contributed by atoms with E-state index >= 15 is 0 Å². The molecule has 1 aliphatic heterocycles. The van der Waals surface area contributed by atoms with E-state index in [1.54, 1.807) is 12.5 Å². The van der Waals surface area contributed by atoms with Gasteiger partial charge in [-0.1, -0.05) is 0 Å². The summed E-state index contributed by atoms with van der Waals surface area (Å²) in [6.07, 6.45) is 10.7. The van der Waals surface area contributed by atoms with Crippen LogP contribution in [0.25, 0.3) is 0 Å². The lowest BCUT2D eigenvalue weighted by molar-refractivity contribution is -0.138. The topological polar surface area (TPSA) is 66.3 Å². The Morgan fingerprint density at radius 3 is 2.57 bits per heavy atom. The molecular weight excluding hydrogens is 266 g/mol. The van der Waals surface area contributed by atoms with Crippen LogP contribution in [0, 0.1) is 11.3 Å². The Morgan fingerprint density at radius 2 is 2.00 bits per heavy atom. The van der Waals surface area contributed by atoms with Crippen molar-refractivity contribution in [1.82, 2.24) is 9.97 Å². The number of carboxylic acid groups (broad SMARTS) is 1. The Bertz CT molecular complexity index is 474. The lowest BCUT2D eigenvalue weighted by Crippen LogP contribution is -2.42. The molecule has 0 atom stereocenters. The summed E-state index contributed by atoms with van der Waals surface area (Å²) in [6.45, 7) is 2.11. The molecule has 1 N–H and O–H groups in total. The molecule has 3 rings (SSSR count). The maximum atomic E-state index is 10.8. The predicted octanol–water partition coefficient (Wildman–Crippen LogP) is 2.73. The van der Waals surface area contributed by atoms with Crippen LogP contribution >= 0.6 is 0 Å². The van der Waals surface area contributed by atoms with E-state index in [2.05, 4.69) is 14.9 Å². The van der Waals surface area contributed by atoms with Crippen molar-refractivity contribution in [3.05, 3.63) is 18.6 Å². The Labute approximate surface area is 125 Å². The summed E-state index contributed by atoms with van der Waals surface area (Å²) in [6, 6.07) is 1.97. The lowest BCUT2D eigenvalue weighted by atomic mass is 9.65. The molecule has 1 saturated heterocycles. The average Bonchev–Trinajstić information content (AvgIpc) is 2.51. The highest BCUT2D eigenvalue weighted by atomic mass is 16.4. The summed E-state index contributed by atoms with van der Waals surface area (Å²) in [7, 11) is 0.